The van der Waals surface area contributed by atoms with Crippen LogP contribution in [0.4, 0.5) is 0 Å². The third kappa shape index (κ3) is 1.97. The van der Waals surface area contributed by atoms with Crippen LogP contribution < -0.4 is 0 Å². The lowest BCUT2D eigenvalue weighted by molar-refractivity contribution is -0.159. The first kappa shape index (κ1) is 14.1. The van der Waals surface area contributed by atoms with Crippen molar-refractivity contribution in [1.82, 2.24) is 4.90 Å². The van der Waals surface area contributed by atoms with E-state index >= 15 is 0 Å². The topological polar surface area (TPSA) is 46.6 Å². The number of fused-ring (bicyclic) bond motifs is 2. The molecule has 2 saturated heterocycles. The van der Waals surface area contributed by atoms with Crippen molar-refractivity contribution >= 4 is 23.5 Å². The van der Waals surface area contributed by atoms with Gasteiger partial charge in [-0.3, -0.25) is 4.79 Å². The highest BCUT2D eigenvalue weighted by atomic mass is 35.5. The van der Waals surface area contributed by atoms with Crippen LogP contribution in [-0.2, 0) is 19.7 Å². The molecular weight excluding hydrogens is 302 g/mol. The average Bonchev–Trinajstić information content (AvgIpc) is 3.22. The Morgan fingerprint density at radius 2 is 1.91 bits per heavy atom. The Morgan fingerprint density at radius 3 is 2.50 bits per heavy atom. The molecule has 116 valence electrons. The van der Waals surface area contributed by atoms with E-state index in [4.69, 9.17) is 16.3 Å². The molecule has 2 bridgehead atoms. The van der Waals surface area contributed by atoms with Crippen molar-refractivity contribution in [2.45, 2.75) is 49.7 Å². The number of ether oxygens (including phenoxy) is 1. The number of carbonyl (C=O) groups is 2. The van der Waals surface area contributed by atoms with E-state index in [1.807, 2.05) is 24.3 Å². The zero-order chi connectivity index (χ0) is 15.3. The summed E-state index contributed by atoms with van der Waals surface area (Å²) in [6.07, 6.45) is 4.32. The van der Waals surface area contributed by atoms with Gasteiger partial charge in [0.05, 0.1) is 12.0 Å². The molecule has 0 aromatic heterocycles. The second-order valence-electron chi connectivity index (χ2n) is 6.56. The number of nitrogens with zero attached hydrogens (tertiary/aromatic N) is 1. The zero-order valence-electron chi connectivity index (χ0n) is 12.3. The van der Waals surface area contributed by atoms with E-state index in [-0.39, 0.29) is 24.0 Å². The summed E-state index contributed by atoms with van der Waals surface area (Å²) in [6, 6.07) is 7.22. The van der Waals surface area contributed by atoms with Gasteiger partial charge >= 0.3 is 5.97 Å². The van der Waals surface area contributed by atoms with Gasteiger partial charge in [-0.25, -0.2) is 4.79 Å². The molecule has 2 aliphatic heterocycles. The van der Waals surface area contributed by atoms with Gasteiger partial charge in [0, 0.05) is 11.4 Å². The maximum absolute atomic E-state index is 13.3. The SMILES string of the molecule is O=C1O[C@@H]2C[C@@H]1N(C(=O)C1(c3ccc(Cl)cc3)CCCC1)C2. The lowest BCUT2D eigenvalue weighted by Gasteiger charge is -2.36. The Labute approximate surface area is 134 Å². The third-order valence-electron chi connectivity index (χ3n) is 5.34. The molecule has 1 aromatic carbocycles. The highest BCUT2D eigenvalue weighted by molar-refractivity contribution is 6.30. The fraction of sp³-hybridized carbons (Fsp3) is 0.529. The molecule has 1 aromatic rings. The molecular formula is C17H18ClNO3. The first-order chi connectivity index (χ1) is 10.6. The smallest absolute Gasteiger partial charge is 0.329 e. The van der Waals surface area contributed by atoms with Crippen LogP contribution in [0.2, 0.25) is 5.02 Å². The molecule has 1 saturated carbocycles. The summed E-state index contributed by atoms with van der Waals surface area (Å²) in [6.45, 7) is 0.546. The molecule has 0 N–H and O–H groups in total. The summed E-state index contributed by atoms with van der Waals surface area (Å²) in [7, 11) is 0. The summed E-state index contributed by atoms with van der Waals surface area (Å²) in [5.74, 6) is -0.148. The van der Waals surface area contributed by atoms with Crippen LogP contribution in [0.1, 0.15) is 37.7 Å². The fourth-order valence-corrected chi connectivity index (χ4v) is 4.35. The van der Waals surface area contributed by atoms with Gasteiger partial charge in [-0.15, -0.1) is 0 Å². The van der Waals surface area contributed by atoms with Crippen molar-refractivity contribution in [1.29, 1.82) is 0 Å². The minimum Gasteiger partial charge on any atom is -0.459 e. The van der Waals surface area contributed by atoms with E-state index < -0.39 is 5.41 Å². The zero-order valence-corrected chi connectivity index (χ0v) is 13.0. The molecule has 22 heavy (non-hydrogen) atoms. The molecule has 1 amide bonds. The number of likely N-dealkylation sites (tertiary alicyclic amines) is 1. The molecule has 0 radical (unpaired) electrons. The minimum absolute atomic E-state index is 0.0940. The molecule has 0 unspecified atom stereocenters. The molecule has 4 rings (SSSR count). The first-order valence-electron chi connectivity index (χ1n) is 7.88. The van der Waals surface area contributed by atoms with Gasteiger partial charge in [0.1, 0.15) is 12.1 Å². The van der Waals surface area contributed by atoms with Gasteiger partial charge in [-0.2, -0.15) is 0 Å². The van der Waals surface area contributed by atoms with Crippen LogP contribution in [0, 0.1) is 0 Å². The predicted molar refractivity (Wildman–Crippen MR) is 81.6 cm³/mol. The highest BCUT2D eigenvalue weighted by Gasteiger charge is 2.54. The highest BCUT2D eigenvalue weighted by Crippen LogP contribution is 2.45. The summed E-state index contributed by atoms with van der Waals surface area (Å²) >= 11 is 5.98. The maximum Gasteiger partial charge on any atom is 0.329 e. The molecule has 3 aliphatic rings. The van der Waals surface area contributed by atoms with E-state index in [0.29, 0.717) is 18.0 Å². The van der Waals surface area contributed by atoms with Crippen molar-refractivity contribution in [3.63, 3.8) is 0 Å². The van der Waals surface area contributed by atoms with Crippen LogP contribution >= 0.6 is 11.6 Å². The van der Waals surface area contributed by atoms with Crippen LogP contribution in [0.25, 0.3) is 0 Å². The van der Waals surface area contributed by atoms with Gasteiger partial charge < -0.3 is 9.64 Å². The number of benzene rings is 1. The summed E-state index contributed by atoms with van der Waals surface area (Å²) in [4.78, 5) is 26.9. The number of morpholine rings is 1. The van der Waals surface area contributed by atoms with Crippen molar-refractivity contribution in [3.05, 3.63) is 34.9 Å². The minimum atomic E-state index is -0.491. The molecule has 4 nitrogen and oxygen atoms in total. The number of hydrogen-bond acceptors (Lipinski definition) is 3. The van der Waals surface area contributed by atoms with Crippen LogP contribution in [-0.4, -0.2) is 35.5 Å². The van der Waals surface area contributed by atoms with Crippen molar-refractivity contribution in [3.8, 4) is 0 Å². The first-order valence-corrected chi connectivity index (χ1v) is 8.25. The quantitative estimate of drug-likeness (QED) is 0.787. The van der Waals surface area contributed by atoms with E-state index in [2.05, 4.69) is 0 Å². The Bertz CT molecular complexity index is 621. The second kappa shape index (κ2) is 4.98. The lowest BCUT2D eigenvalue weighted by Crippen LogP contribution is -2.52. The Hall–Kier alpha value is -1.55. The lowest BCUT2D eigenvalue weighted by atomic mass is 9.77. The summed E-state index contributed by atoms with van der Waals surface area (Å²) < 4.78 is 5.21. The molecule has 2 heterocycles. The van der Waals surface area contributed by atoms with Crippen molar-refractivity contribution in [2.75, 3.05) is 6.54 Å². The van der Waals surface area contributed by atoms with Crippen LogP contribution in [0.15, 0.2) is 24.3 Å². The average molecular weight is 320 g/mol. The van der Waals surface area contributed by atoms with Crippen LogP contribution in [0.5, 0.6) is 0 Å². The van der Waals surface area contributed by atoms with Gasteiger partial charge in [0.15, 0.2) is 0 Å². The monoisotopic (exact) mass is 319 g/mol. The second-order valence-corrected chi connectivity index (χ2v) is 7.00. The van der Waals surface area contributed by atoms with E-state index in [0.717, 1.165) is 31.2 Å². The number of amides is 1. The van der Waals surface area contributed by atoms with Gasteiger partial charge in [0.2, 0.25) is 5.91 Å². The number of halogens is 1. The van der Waals surface area contributed by atoms with Crippen molar-refractivity contribution in [2.24, 2.45) is 0 Å². The maximum atomic E-state index is 13.3. The largest absolute Gasteiger partial charge is 0.459 e. The normalized spacial score (nSPS) is 29.0. The predicted octanol–water partition coefficient (Wildman–Crippen LogP) is 2.68. The van der Waals surface area contributed by atoms with E-state index in [9.17, 15) is 9.59 Å². The summed E-state index contributed by atoms with van der Waals surface area (Å²) in [5.41, 5.74) is 0.533. The Morgan fingerprint density at radius 1 is 1.23 bits per heavy atom. The number of esters is 1. The molecule has 2 atom stereocenters. The molecule has 5 heteroatoms. The van der Waals surface area contributed by atoms with Crippen molar-refractivity contribution < 1.29 is 14.3 Å². The van der Waals surface area contributed by atoms with Gasteiger partial charge in [-0.05, 0) is 30.5 Å². The van der Waals surface area contributed by atoms with E-state index in [1.165, 1.54) is 0 Å². The number of carbonyl (C=O) groups excluding carboxylic acids is 2. The van der Waals surface area contributed by atoms with E-state index in [1.54, 1.807) is 4.90 Å². The Balaban J connectivity index is 1.69. The third-order valence-corrected chi connectivity index (χ3v) is 5.59. The summed E-state index contributed by atoms with van der Waals surface area (Å²) in [5, 5.41) is 0.674. The van der Waals surface area contributed by atoms with Gasteiger partial charge in [0.25, 0.3) is 0 Å². The molecule has 1 aliphatic carbocycles. The Kier molecular flexibility index (Phi) is 3.19. The number of rotatable bonds is 2. The van der Waals surface area contributed by atoms with Gasteiger partial charge in [-0.1, -0.05) is 36.6 Å². The standard InChI is InChI=1S/C17H18ClNO3/c18-12-5-3-11(4-6-12)17(7-1-2-8-17)16(21)19-10-13-9-14(19)15(20)22-13/h3-6,13-14H,1-2,7-10H2/t13-,14+/m1/s1. The van der Waals surface area contributed by atoms with Crippen LogP contribution in [0.3, 0.4) is 0 Å². The molecule has 0 spiro atoms. The number of hydrogen-bond donors (Lipinski definition) is 0. The fourth-order valence-electron chi connectivity index (χ4n) is 4.22. The molecule has 3 fully saturated rings.